The van der Waals surface area contributed by atoms with Crippen LogP contribution < -0.4 is 0 Å². The van der Waals surface area contributed by atoms with Crippen LogP contribution in [0.5, 0.6) is 0 Å². The Morgan fingerprint density at radius 1 is 1.07 bits per heavy atom. The van der Waals surface area contributed by atoms with Gasteiger partial charge in [0.1, 0.15) is 0 Å². The molecule has 1 fully saturated rings. The van der Waals surface area contributed by atoms with E-state index in [9.17, 15) is 9.59 Å². The molecule has 1 heterocycles. The smallest absolute Gasteiger partial charge is 0.303 e. The molecule has 2 aromatic rings. The molecule has 1 N–H and O–H groups in total. The number of thioether (sulfide) groups is 1. The van der Waals surface area contributed by atoms with E-state index in [2.05, 4.69) is 12.1 Å². The number of hydrogen-bond donors (Lipinski definition) is 1. The molecule has 0 radical (unpaired) electrons. The average molecular weight is 384 g/mol. The highest BCUT2D eigenvalue weighted by atomic mass is 32.2. The Kier molecular flexibility index (Phi) is 6.93. The van der Waals surface area contributed by atoms with Crippen molar-refractivity contribution in [3.8, 4) is 0 Å². The van der Waals surface area contributed by atoms with E-state index >= 15 is 0 Å². The quantitative estimate of drug-likeness (QED) is 0.705. The van der Waals surface area contributed by atoms with E-state index < -0.39 is 5.97 Å². The zero-order valence-electron chi connectivity index (χ0n) is 15.3. The summed E-state index contributed by atoms with van der Waals surface area (Å²) < 4.78 is 0. The number of carbonyl (C=O) groups excluding carboxylic acids is 1. The van der Waals surface area contributed by atoms with Crippen molar-refractivity contribution in [1.29, 1.82) is 0 Å². The summed E-state index contributed by atoms with van der Waals surface area (Å²) in [5, 5.41) is 8.86. The van der Waals surface area contributed by atoms with Gasteiger partial charge in [0.15, 0.2) is 0 Å². The molecule has 1 aliphatic rings. The molecule has 1 atom stereocenters. The fourth-order valence-corrected chi connectivity index (χ4v) is 4.28. The first-order chi connectivity index (χ1) is 13.1. The van der Waals surface area contributed by atoms with Gasteiger partial charge in [-0.15, -0.1) is 11.8 Å². The molecule has 1 aliphatic heterocycles. The van der Waals surface area contributed by atoms with Crippen LogP contribution >= 0.6 is 11.8 Å². The van der Waals surface area contributed by atoms with Crippen molar-refractivity contribution in [2.24, 2.45) is 5.92 Å². The number of carbonyl (C=O) groups is 2. The van der Waals surface area contributed by atoms with Crippen LogP contribution in [0.4, 0.5) is 0 Å². The average Bonchev–Trinajstić information content (AvgIpc) is 2.71. The maximum atomic E-state index is 12.8. The number of benzene rings is 2. The van der Waals surface area contributed by atoms with E-state index in [1.165, 1.54) is 5.56 Å². The highest BCUT2D eigenvalue weighted by Crippen LogP contribution is 2.25. The van der Waals surface area contributed by atoms with Gasteiger partial charge >= 0.3 is 5.97 Å². The third kappa shape index (κ3) is 5.86. The zero-order chi connectivity index (χ0) is 19.1. The van der Waals surface area contributed by atoms with Crippen molar-refractivity contribution >= 4 is 23.6 Å². The molecule has 0 aromatic heterocycles. The van der Waals surface area contributed by atoms with Gasteiger partial charge in [-0.3, -0.25) is 9.59 Å². The monoisotopic (exact) mass is 383 g/mol. The number of likely N-dealkylation sites (tertiary alicyclic amines) is 1. The minimum absolute atomic E-state index is 0.0506. The fourth-order valence-electron chi connectivity index (χ4n) is 3.43. The van der Waals surface area contributed by atoms with Crippen LogP contribution in [0.2, 0.25) is 0 Å². The Labute approximate surface area is 164 Å². The van der Waals surface area contributed by atoms with Crippen molar-refractivity contribution in [3.63, 3.8) is 0 Å². The molecule has 4 nitrogen and oxygen atoms in total. The van der Waals surface area contributed by atoms with Gasteiger partial charge < -0.3 is 10.0 Å². The van der Waals surface area contributed by atoms with Gasteiger partial charge in [0, 0.05) is 35.7 Å². The fraction of sp³-hybridized carbons (Fsp3) is 0.364. The third-order valence-corrected chi connectivity index (χ3v) is 6.01. The summed E-state index contributed by atoms with van der Waals surface area (Å²) >= 11 is 1.76. The topological polar surface area (TPSA) is 57.6 Å². The second kappa shape index (κ2) is 9.60. The van der Waals surface area contributed by atoms with E-state index in [-0.39, 0.29) is 12.3 Å². The Hall–Kier alpha value is -2.27. The molecule has 3 rings (SSSR count). The number of carboxylic acids is 1. The van der Waals surface area contributed by atoms with Crippen molar-refractivity contribution in [2.75, 3.05) is 13.1 Å². The first-order valence-electron chi connectivity index (χ1n) is 9.39. The Balaban J connectivity index is 1.54. The van der Waals surface area contributed by atoms with E-state index in [0.29, 0.717) is 24.4 Å². The minimum atomic E-state index is -0.762. The molecule has 2 aromatic carbocycles. The predicted octanol–water partition coefficient (Wildman–Crippen LogP) is 4.70. The highest BCUT2D eigenvalue weighted by Gasteiger charge is 2.24. The molecule has 142 valence electrons. The Bertz CT molecular complexity index is 761. The van der Waals surface area contributed by atoms with Crippen molar-refractivity contribution < 1.29 is 14.7 Å². The zero-order valence-corrected chi connectivity index (χ0v) is 16.2. The van der Waals surface area contributed by atoms with Gasteiger partial charge in [0.25, 0.3) is 5.91 Å². The summed E-state index contributed by atoms with van der Waals surface area (Å²) in [6.07, 6.45) is 2.78. The van der Waals surface area contributed by atoms with Crippen LogP contribution in [0.25, 0.3) is 0 Å². The number of aliphatic carboxylic acids is 1. The van der Waals surface area contributed by atoms with Crippen LogP contribution in [0.3, 0.4) is 0 Å². The van der Waals surface area contributed by atoms with E-state index in [1.807, 2.05) is 47.4 Å². The maximum Gasteiger partial charge on any atom is 0.303 e. The molecule has 1 unspecified atom stereocenters. The molecule has 27 heavy (non-hydrogen) atoms. The van der Waals surface area contributed by atoms with Gasteiger partial charge in [0.05, 0.1) is 0 Å². The molecule has 0 aliphatic carbocycles. The van der Waals surface area contributed by atoms with Gasteiger partial charge in [-0.05, 0) is 55.0 Å². The first kappa shape index (κ1) is 19.5. The van der Waals surface area contributed by atoms with Crippen molar-refractivity contribution in [1.82, 2.24) is 4.90 Å². The standard InChI is InChI=1S/C22H25NO3S/c24-21(25)13-8-17-7-4-14-23(15-17)22(26)19-9-11-20(12-10-19)27-16-18-5-2-1-3-6-18/h1-3,5-6,9-12,17H,4,7-8,13-16H2,(H,24,25). The van der Waals surface area contributed by atoms with E-state index in [4.69, 9.17) is 5.11 Å². The summed E-state index contributed by atoms with van der Waals surface area (Å²) in [4.78, 5) is 26.6. The third-order valence-electron chi connectivity index (χ3n) is 4.92. The van der Waals surface area contributed by atoms with Crippen LogP contribution in [0.1, 0.15) is 41.6 Å². The predicted molar refractivity (Wildman–Crippen MR) is 108 cm³/mol. The molecule has 1 amide bonds. The summed E-state index contributed by atoms with van der Waals surface area (Å²) in [7, 11) is 0. The lowest BCUT2D eigenvalue weighted by Gasteiger charge is -2.32. The number of nitrogens with zero attached hydrogens (tertiary/aromatic N) is 1. The van der Waals surface area contributed by atoms with Crippen LogP contribution in [-0.2, 0) is 10.5 Å². The summed E-state index contributed by atoms with van der Waals surface area (Å²) in [6.45, 7) is 1.42. The molecule has 5 heteroatoms. The largest absolute Gasteiger partial charge is 0.481 e. The SMILES string of the molecule is O=C(O)CCC1CCCN(C(=O)c2ccc(SCc3ccccc3)cc2)C1. The molecule has 0 saturated carbocycles. The number of amides is 1. The number of piperidine rings is 1. The van der Waals surface area contributed by atoms with Gasteiger partial charge in [-0.2, -0.15) is 0 Å². The van der Waals surface area contributed by atoms with Gasteiger partial charge in [-0.25, -0.2) is 0 Å². The van der Waals surface area contributed by atoms with Crippen LogP contribution in [0, 0.1) is 5.92 Å². The Morgan fingerprint density at radius 2 is 1.81 bits per heavy atom. The van der Waals surface area contributed by atoms with Crippen molar-refractivity contribution in [2.45, 2.75) is 36.3 Å². The van der Waals surface area contributed by atoms with Crippen molar-refractivity contribution in [3.05, 3.63) is 65.7 Å². The highest BCUT2D eigenvalue weighted by molar-refractivity contribution is 7.98. The molecule has 0 bridgehead atoms. The molecular weight excluding hydrogens is 358 g/mol. The number of carboxylic acid groups (broad SMARTS) is 1. The lowest BCUT2D eigenvalue weighted by molar-refractivity contribution is -0.137. The summed E-state index contributed by atoms with van der Waals surface area (Å²) in [5.41, 5.74) is 1.99. The second-order valence-electron chi connectivity index (χ2n) is 6.99. The van der Waals surface area contributed by atoms with E-state index in [0.717, 1.165) is 30.0 Å². The van der Waals surface area contributed by atoms with E-state index in [1.54, 1.807) is 11.8 Å². The number of hydrogen-bond acceptors (Lipinski definition) is 3. The van der Waals surface area contributed by atoms with Gasteiger partial charge in [0.2, 0.25) is 0 Å². The van der Waals surface area contributed by atoms with Crippen LogP contribution in [-0.4, -0.2) is 35.0 Å². The lowest BCUT2D eigenvalue weighted by atomic mass is 9.93. The normalized spacial score (nSPS) is 16.9. The summed E-state index contributed by atoms with van der Waals surface area (Å²) in [5.74, 6) is 0.488. The molecular formula is C22H25NO3S. The molecule has 0 spiro atoms. The Morgan fingerprint density at radius 3 is 2.52 bits per heavy atom. The summed E-state index contributed by atoms with van der Waals surface area (Å²) in [6, 6.07) is 18.1. The van der Waals surface area contributed by atoms with Crippen LogP contribution in [0.15, 0.2) is 59.5 Å². The lowest BCUT2D eigenvalue weighted by Crippen LogP contribution is -2.40. The molecule has 1 saturated heterocycles. The van der Waals surface area contributed by atoms with Gasteiger partial charge in [-0.1, -0.05) is 30.3 Å². The maximum absolute atomic E-state index is 12.8. The number of rotatable bonds is 7. The first-order valence-corrected chi connectivity index (χ1v) is 10.4. The minimum Gasteiger partial charge on any atom is -0.481 e. The second-order valence-corrected chi connectivity index (χ2v) is 8.04.